The molecule has 2 rings (SSSR count). The Morgan fingerprint density at radius 3 is 2.61 bits per heavy atom. The van der Waals surface area contributed by atoms with Crippen molar-refractivity contribution >= 4 is 17.5 Å². The van der Waals surface area contributed by atoms with Crippen LogP contribution in [-0.4, -0.2) is 5.91 Å². The second-order valence-corrected chi connectivity index (χ2v) is 4.13. The first-order valence-electron chi connectivity index (χ1n) is 5.19. The van der Waals surface area contributed by atoms with Crippen LogP contribution in [0, 0.1) is 0 Å². The number of carbonyl (C=O) groups is 1. The molecule has 0 atom stereocenters. The van der Waals surface area contributed by atoms with Crippen LogP contribution in [0.1, 0.15) is 15.9 Å². The summed E-state index contributed by atoms with van der Waals surface area (Å²) in [4.78, 5) is 11.1. The van der Waals surface area contributed by atoms with Crippen molar-refractivity contribution in [3.05, 3.63) is 64.9 Å². The van der Waals surface area contributed by atoms with Gasteiger partial charge in [-0.15, -0.1) is 0 Å². The highest BCUT2D eigenvalue weighted by atomic mass is 35.5. The maximum Gasteiger partial charge on any atom is 0.254 e. The second kappa shape index (κ2) is 6.38. The minimum absolute atomic E-state index is 0. The molecule has 0 radical (unpaired) electrons. The number of nitrogens with two attached hydrogens (primary N) is 1. The molecule has 2 N–H and O–H groups in total. The Balaban J connectivity index is 0.00000162. The largest absolute Gasteiger partial charge is 1.00 e. The van der Waals surface area contributed by atoms with E-state index in [9.17, 15) is 4.79 Å². The number of pyridine rings is 1. The summed E-state index contributed by atoms with van der Waals surface area (Å²) in [5, 5.41) is 0.712. The first kappa shape index (κ1) is 14.5. The molecular weight excluding hydrogens is 271 g/mol. The zero-order chi connectivity index (χ0) is 12.3. The molecule has 0 saturated heterocycles. The van der Waals surface area contributed by atoms with Crippen LogP contribution in [0.15, 0.2) is 48.8 Å². The van der Waals surface area contributed by atoms with E-state index < -0.39 is 5.91 Å². The standard InChI is InChI=1S/C13H11ClN2O.ClH/c14-12-6-2-1-4-10(12)8-16-7-3-5-11(9-16)13(15)17;/h1-7,9H,8H2,(H-,15,17);1H. The Morgan fingerprint density at radius 1 is 1.22 bits per heavy atom. The zero-order valence-corrected chi connectivity index (χ0v) is 11.0. The molecule has 1 aromatic carbocycles. The first-order chi connectivity index (χ1) is 8.16. The van der Waals surface area contributed by atoms with Crippen molar-refractivity contribution in [3.63, 3.8) is 0 Å². The summed E-state index contributed by atoms with van der Waals surface area (Å²) in [7, 11) is 0. The number of carbonyl (C=O) groups excluding carboxylic acids is 1. The average Bonchev–Trinajstić information content (AvgIpc) is 2.32. The van der Waals surface area contributed by atoms with E-state index in [2.05, 4.69) is 0 Å². The Kier molecular flexibility index (Phi) is 5.13. The molecule has 5 heteroatoms. The van der Waals surface area contributed by atoms with Crippen molar-refractivity contribution in [2.45, 2.75) is 6.54 Å². The minimum atomic E-state index is -0.432. The SMILES string of the molecule is NC(=O)c1ccc[n+](Cc2ccccc2Cl)c1.[Cl-]. The lowest BCUT2D eigenvalue weighted by molar-refractivity contribution is -0.688. The summed E-state index contributed by atoms with van der Waals surface area (Å²) < 4.78 is 1.88. The van der Waals surface area contributed by atoms with E-state index in [0.717, 1.165) is 5.56 Å². The monoisotopic (exact) mass is 282 g/mol. The van der Waals surface area contributed by atoms with E-state index in [4.69, 9.17) is 17.3 Å². The fraction of sp³-hybridized carbons (Fsp3) is 0.0769. The normalized spacial score (nSPS) is 9.61. The van der Waals surface area contributed by atoms with Crippen molar-refractivity contribution in [3.8, 4) is 0 Å². The highest BCUT2D eigenvalue weighted by Gasteiger charge is 2.09. The van der Waals surface area contributed by atoms with Crippen LogP contribution >= 0.6 is 11.6 Å². The molecule has 2 aromatic rings. The first-order valence-corrected chi connectivity index (χ1v) is 5.57. The van der Waals surface area contributed by atoms with Crippen LogP contribution in [0.4, 0.5) is 0 Å². The van der Waals surface area contributed by atoms with Gasteiger partial charge in [0.1, 0.15) is 5.56 Å². The molecule has 0 aliphatic carbocycles. The molecule has 0 bridgehead atoms. The van der Waals surface area contributed by atoms with Gasteiger partial charge >= 0.3 is 0 Å². The smallest absolute Gasteiger partial charge is 0.254 e. The Bertz CT molecular complexity index is 558. The van der Waals surface area contributed by atoms with Crippen molar-refractivity contribution in [1.82, 2.24) is 0 Å². The molecule has 0 unspecified atom stereocenters. The fourth-order valence-electron chi connectivity index (χ4n) is 1.59. The van der Waals surface area contributed by atoms with Gasteiger partial charge in [-0.25, -0.2) is 0 Å². The molecule has 0 spiro atoms. The van der Waals surface area contributed by atoms with Crippen LogP contribution in [0.5, 0.6) is 0 Å². The number of nitrogens with zero attached hydrogens (tertiary/aromatic N) is 1. The lowest BCUT2D eigenvalue weighted by Crippen LogP contribution is -3.00. The van der Waals surface area contributed by atoms with E-state index in [-0.39, 0.29) is 12.4 Å². The van der Waals surface area contributed by atoms with E-state index >= 15 is 0 Å². The zero-order valence-electron chi connectivity index (χ0n) is 9.51. The van der Waals surface area contributed by atoms with Gasteiger partial charge in [-0.05, 0) is 12.1 Å². The van der Waals surface area contributed by atoms with E-state index in [1.165, 1.54) is 0 Å². The van der Waals surface area contributed by atoms with Crippen LogP contribution in [-0.2, 0) is 6.54 Å². The lowest BCUT2D eigenvalue weighted by atomic mass is 10.2. The molecule has 1 aromatic heterocycles. The number of amides is 1. The summed E-state index contributed by atoms with van der Waals surface area (Å²) >= 11 is 6.07. The van der Waals surface area contributed by atoms with Crippen LogP contribution in [0.25, 0.3) is 0 Å². The number of halogens is 2. The van der Waals surface area contributed by atoms with E-state index in [1.54, 1.807) is 18.3 Å². The number of hydrogen-bond acceptors (Lipinski definition) is 1. The Morgan fingerprint density at radius 2 is 1.94 bits per heavy atom. The number of benzene rings is 1. The summed E-state index contributed by atoms with van der Waals surface area (Å²) in [5.74, 6) is -0.432. The highest BCUT2D eigenvalue weighted by Crippen LogP contribution is 2.14. The third kappa shape index (κ3) is 3.45. The maximum atomic E-state index is 11.1. The van der Waals surface area contributed by atoms with E-state index in [0.29, 0.717) is 17.1 Å². The third-order valence-electron chi connectivity index (χ3n) is 2.45. The number of primary amides is 1. The molecule has 0 aliphatic heterocycles. The van der Waals surface area contributed by atoms with E-state index in [1.807, 2.05) is 35.0 Å². The lowest BCUT2D eigenvalue weighted by Gasteiger charge is -2.01. The van der Waals surface area contributed by atoms with Gasteiger partial charge in [-0.2, -0.15) is 4.57 Å². The van der Waals surface area contributed by atoms with Crippen molar-refractivity contribution < 1.29 is 21.8 Å². The highest BCUT2D eigenvalue weighted by molar-refractivity contribution is 6.31. The van der Waals surface area contributed by atoms with Crippen LogP contribution in [0.3, 0.4) is 0 Å². The third-order valence-corrected chi connectivity index (χ3v) is 2.82. The summed E-state index contributed by atoms with van der Waals surface area (Å²) in [5.41, 5.74) is 6.71. The molecular formula is C13H12Cl2N2O. The summed E-state index contributed by atoms with van der Waals surface area (Å²) in [6.45, 7) is 0.612. The molecule has 0 saturated carbocycles. The van der Waals surface area contributed by atoms with Gasteiger partial charge < -0.3 is 18.1 Å². The molecule has 94 valence electrons. The van der Waals surface area contributed by atoms with Gasteiger partial charge in [0.25, 0.3) is 5.91 Å². The fourth-order valence-corrected chi connectivity index (χ4v) is 1.78. The topological polar surface area (TPSA) is 47.0 Å². The predicted molar refractivity (Wildman–Crippen MR) is 65.7 cm³/mol. The Hall–Kier alpha value is -1.58. The molecule has 1 amide bonds. The van der Waals surface area contributed by atoms with Gasteiger partial charge in [0, 0.05) is 11.6 Å². The number of aromatic nitrogens is 1. The molecule has 3 nitrogen and oxygen atoms in total. The summed E-state index contributed by atoms with van der Waals surface area (Å²) in [6, 6.07) is 11.1. The van der Waals surface area contributed by atoms with Crippen LogP contribution < -0.4 is 22.7 Å². The average molecular weight is 283 g/mol. The number of hydrogen-bond donors (Lipinski definition) is 1. The Labute approximate surface area is 117 Å². The van der Waals surface area contributed by atoms with Gasteiger partial charge in [0.2, 0.25) is 0 Å². The van der Waals surface area contributed by atoms with Crippen molar-refractivity contribution in [2.75, 3.05) is 0 Å². The summed E-state index contributed by atoms with van der Waals surface area (Å²) in [6.07, 6.45) is 3.58. The minimum Gasteiger partial charge on any atom is -1.00 e. The quantitative estimate of drug-likeness (QED) is 0.705. The second-order valence-electron chi connectivity index (χ2n) is 3.72. The predicted octanol–water partition coefficient (Wildman–Crippen LogP) is -1.22. The number of rotatable bonds is 3. The van der Waals surface area contributed by atoms with Crippen molar-refractivity contribution in [1.29, 1.82) is 0 Å². The van der Waals surface area contributed by atoms with Gasteiger partial charge in [-0.1, -0.05) is 29.8 Å². The van der Waals surface area contributed by atoms with Gasteiger partial charge in [-0.3, -0.25) is 4.79 Å². The molecule has 0 aliphatic rings. The van der Waals surface area contributed by atoms with Gasteiger partial charge in [0.15, 0.2) is 18.9 Å². The molecule has 1 heterocycles. The van der Waals surface area contributed by atoms with Gasteiger partial charge in [0.05, 0.1) is 5.02 Å². The van der Waals surface area contributed by atoms with Crippen molar-refractivity contribution in [2.24, 2.45) is 5.73 Å². The van der Waals surface area contributed by atoms with Crippen LogP contribution in [0.2, 0.25) is 5.02 Å². The molecule has 0 fully saturated rings. The maximum absolute atomic E-state index is 11.1. The molecule has 18 heavy (non-hydrogen) atoms.